The van der Waals surface area contributed by atoms with Gasteiger partial charge in [0.15, 0.2) is 0 Å². The Morgan fingerprint density at radius 3 is 2.48 bits per heavy atom. The molecule has 0 aliphatic carbocycles. The van der Waals surface area contributed by atoms with Crippen molar-refractivity contribution >= 4 is 5.91 Å². The van der Waals surface area contributed by atoms with E-state index >= 15 is 0 Å². The zero-order valence-corrected chi connectivity index (χ0v) is 12.1. The first kappa shape index (κ1) is 15.1. The Hall–Kier alpha value is -2.33. The van der Waals surface area contributed by atoms with E-state index in [-0.39, 0.29) is 0 Å². The smallest absolute Gasteiger partial charge is 0.239 e. The van der Waals surface area contributed by atoms with Crippen LogP contribution >= 0.6 is 0 Å². The minimum atomic E-state index is -0.513. The molecule has 1 atom stereocenters. The Kier molecular flexibility index (Phi) is 5.35. The summed E-state index contributed by atoms with van der Waals surface area (Å²) in [6.07, 6.45) is 0. The molecule has 0 saturated carbocycles. The van der Waals surface area contributed by atoms with E-state index in [0.29, 0.717) is 13.2 Å². The van der Waals surface area contributed by atoms with Crippen LogP contribution in [0.1, 0.15) is 24.1 Å². The maximum Gasteiger partial charge on any atom is 0.239 e. The number of para-hydroxylation sites is 1. The molecule has 4 nitrogen and oxygen atoms in total. The van der Waals surface area contributed by atoms with Crippen molar-refractivity contribution in [2.24, 2.45) is 5.73 Å². The number of rotatable bonds is 7. The second-order valence-electron chi connectivity index (χ2n) is 4.67. The summed E-state index contributed by atoms with van der Waals surface area (Å²) in [5, 5.41) is 3.20. The van der Waals surface area contributed by atoms with Crippen LogP contribution in [-0.2, 0) is 11.3 Å². The lowest BCUT2D eigenvalue weighted by molar-refractivity contribution is -0.120. The van der Waals surface area contributed by atoms with Crippen molar-refractivity contribution in [1.82, 2.24) is 5.32 Å². The van der Waals surface area contributed by atoms with Crippen molar-refractivity contribution in [3.05, 3.63) is 65.7 Å². The number of benzene rings is 2. The zero-order valence-electron chi connectivity index (χ0n) is 12.1. The van der Waals surface area contributed by atoms with Crippen molar-refractivity contribution in [3.63, 3.8) is 0 Å². The number of amides is 1. The van der Waals surface area contributed by atoms with Crippen LogP contribution in [-0.4, -0.2) is 12.5 Å². The van der Waals surface area contributed by atoms with Crippen molar-refractivity contribution in [3.8, 4) is 5.75 Å². The first-order valence-electron chi connectivity index (χ1n) is 7.00. The van der Waals surface area contributed by atoms with Crippen LogP contribution in [0.4, 0.5) is 0 Å². The highest BCUT2D eigenvalue weighted by Crippen LogP contribution is 2.19. The molecule has 0 saturated heterocycles. The Bertz CT molecular complexity index is 584. The van der Waals surface area contributed by atoms with E-state index in [9.17, 15) is 4.79 Å². The lowest BCUT2D eigenvalue weighted by Crippen LogP contribution is -2.33. The fourth-order valence-electron chi connectivity index (χ4n) is 2.19. The minimum absolute atomic E-state index is 0.393. The van der Waals surface area contributed by atoms with Gasteiger partial charge in [-0.1, -0.05) is 48.5 Å². The number of hydrogen-bond acceptors (Lipinski definition) is 3. The van der Waals surface area contributed by atoms with Crippen LogP contribution in [0.15, 0.2) is 54.6 Å². The molecule has 2 aromatic carbocycles. The molecule has 0 aromatic heterocycles. The minimum Gasteiger partial charge on any atom is -0.494 e. The fourth-order valence-corrected chi connectivity index (χ4v) is 2.19. The highest BCUT2D eigenvalue weighted by molar-refractivity contribution is 5.81. The topological polar surface area (TPSA) is 64.3 Å². The molecule has 0 bridgehead atoms. The Morgan fingerprint density at radius 1 is 1.14 bits per heavy atom. The Balaban J connectivity index is 2.11. The van der Waals surface area contributed by atoms with E-state index < -0.39 is 11.9 Å². The van der Waals surface area contributed by atoms with Gasteiger partial charge in [0, 0.05) is 12.1 Å². The highest BCUT2D eigenvalue weighted by atomic mass is 16.5. The number of nitrogens with one attached hydrogen (secondary N) is 1. The van der Waals surface area contributed by atoms with Crippen LogP contribution in [0.2, 0.25) is 0 Å². The van der Waals surface area contributed by atoms with Crippen molar-refractivity contribution < 1.29 is 9.53 Å². The second-order valence-corrected chi connectivity index (χ2v) is 4.67. The molecule has 0 aliphatic rings. The maximum atomic E-state index is 11.7. The quantitative estimate of drug-likeness (QED) is 0.820. The summed E-state index contributed by atoms with van der Waals surface area (Å²) in [4.78, 5) is 11.7. The average molecular weight is 284 g/mol. The molecule has 4 heteroatoms. The van der Waals surface area contributed by atoms with Crippen LogP contribution < -0.4 is 15.8 Å². The molecule has 1 amide bonds. The molecule has 110 valence electrons. The highest BCUT2D eigenvalue weighted by Gasteiger charge is 2.17. The molecular formula is C17H20N2O2. The molecule has 0 fully saturated rings. The summed E-state index contributed by atoms with van der Waals surface area (Å²) in [6, 6.07) is 16.7. The Morgan fingerprint density at radius 2 is 1.81 bits per heavy atom. The summed E-state index contributed by atoms with van der Waals surface area (Å²) in [5.41, 5.74) is 7.36. The van der Waals surface area contributed by atoms with Crippen molar-refractivity contribution in [2.75, 3.05) is 6.61 Å². The van der Waals surface area contributed by atoms with Gasteiger partial charge in [-0.25, -0.2) is 0 Å². The zero-order chi connectivity index (χ0) is 15.1. The summed E-state index contributed by atoms with van der Waals surface area (Å²) in [5.74, 6) is 0.430. The standard InChI is InChI=1S/C17H20N2O2/c1-2-21-15-11-7-6-10-14(15)12-19-16(17(18)20)13-8-4-3-5-9-13/h3-11,16,19H,2,12H2,1H3,(H2,18,20)/t16-/m1/s1. The molecule has 3 N–H and O–H groups in total. The lowest BCUT2D eigenvalue weighted by atomic mass is 10.1. The van der Waals surface area contributed by atoms with Gasteiger partial charge in [0.1, 0.15) is 11.8 Å². The van der Waals surface area contributed by atoms with Crippen LogP contribution in [0.3, 0.4) is 0 Å². The first-order chi connectivity index (χ1) is 10.2. The molecule has 0 aliphatic heterocycles. The van der Waals surface area contributed by atoms with E-state index in [1.54, 1.807) is 0 Å². The molecular weight excluding hydrogens is 264 g/mol. The summed E-state index contributed by atoms with van der Waals surface area (Å²) < 4.78 is 5.58. The van der Waals surface area contributed by atoms with Crippen molar-refractivity contribution in [1.29, 1.82) is 0 Å². The van der Waals surface area contributed by atoms with Gasteiger partial charge < -0.3 is 10.5 Å². The van der Waals surface area contributed by atoms with Crippen LogP contribution in [0.25, 0.3) is 0 Å². The van der Waals surface area contributed by atoms with Gasteiger partial charge in [-0.05, 0) is 18.6 Å². The van der Waals surface area contributed by atoms with Gasteiger partial charge in [-0.3, -0.25) is 10.1 Å². The number of hydrogen-bond donors (Lipinski definition) is 2. The summed E-state index contributed by atoms with van der Waals surface area (Å²) in [7, 11) is 0. The molecule has 0 heterocycles. The molecule has 2 aromatic rings. The predicted octanol–water partition coefficient (Wildman–Crippen LogP) is 2.40. The van der Waals surface area contributed by atoms with E-state index in [4.69, 9.17) is 10.5 Å². The van der Waals surface area contributed by atoms with E-state index in [0.717, 1.165) is 16.9 Å². The summed E-state index contributed by atoms with van der Waals surface area (Å²) in [6.45, 7) is 3.06. The van der Waals surface area contributed by atoms with Gasteiger partial charge in [-0.2, -0.15) is 0 Å². The number of ether oxygens (including phenoxy) is 1. The number of carbonyl (C=O) groups is 1. The third kappa shape index (κ3) is 4.07. The molecule has 0 unspecified atom stereocenters. The van der Waals surface area contributed by atoms with Crippen molar-refractivity contribution in [2.45, 2.75) is 19.5 Å². The molecule has 0 radical (unpaired) electrons. The number of carbonyl (C=O) groups excluding carboxylic acids is 1. The van der Waals surface area contributed by atoms with Gasteiger partial charge in [0.25, 0.3) is 0 Å². The number of nitrogens with two attached hydrogens (primary N) is 1. The van der Waals surface area contributed by atoms with Gasteiger partial charge in [0.05, 0.1) is 6.61 Å². The lowest BCUT2D eigenvalue weighted by Gasteiger charge is -2.17. The monoisotopic (exact) mass is 284 g/mol. The van der Waals surface area contributed by atoms with E-state index in [1.807, 2.05) is 61.5 Å². The van der Waals surface area contributed by atoms with Gasteiger partial charge >= 0.3 is 0 Å². The van der Waals surface area contributed by atoms with E-state index in [1.165, 1.54) is 0 Å². The largest absolute Gasteiger partial charge is 0.494 e. The predicted molar refractivity (Wildman–Crippen MR) is 82.8 cm³/mol. The third-order valence-electron chi connectivity index (χ3n) is 3.19. The maximum absolute atomic E-state index is 11.7. The molecule has 0 spiro atoms. The van der Waals surface area contributed by atoms with Crippen LogP contribution in [0.5, 0.6) is 5.75 Å². The van der Waals surface area contributed by atoms with E-state index in [2.05, 4.69) is 5.32 Å². The Labute approximate surface area is 124 Å². The normalized spacial score (nSPS) is 11.9. The molecule has 2 rings (SSSR count). The summed E-state index contributed by atoms with van der Waals surface area (Å²) >= 11 is 0. The third-order valence-corrected chi connectivity index (χ3v) is 3.19. The second kappa shape index (κ2) is 7.45. The average Bonchev–Trinajstić information content (AvgIpc) is 2.50. The van der Waals surface area contributed by atoms with Gasteiger partial charge in [-0.15, -0.1) is 0 Å². The SMILES string of the molecule is CCOc1ccccc1CN[C@@H](C(N)=O)c1ccccc1. The van der Waals surface area contributed by atoms with Crippen LogP contribution in [0, 0.1) is 0 Å². The first-order valence-corrected chi connectivity index (χ1v) is 7.00. The van der Waals surface area contributed by atoms with Gasteiger partial charge in [0.2, 0.25) is 5.91 Å². The number of primary amides is 1. The fraction of sp³-hybridized carbons (Fsp3) is 0.235. The molecule has 21 heavy (non-hydrogen) atoms.